The van der Waals surface area contributed by atoms with Crippen LogP contribution in [0, 0.1) is 17.8 Å². The molecule has 3 aliphatic rings. The van der Waals surface area contributed by atoms with Gasteiger partial charge >= 0.3 is 0 Å². The highest BCUT2D eigenvalue weighted by atomic mass is 35.5. The molecular weight excluding hydrogens is 429 g/mol. The lowest BCUT2D eigenvalue weighted by Gasteiger charge is -2.34. The van der Waals surface area contributed by atoms with Crippen molar-refractivity contribution in [3.05, 3.63) is 33.8 Å². The second-order valence-electron chi connectivity index (χ2n) is 9.19. The van der Waals surface area contributed by atoms with Crippen LogP contribution in [-0.4, -0.2) is 31.4 Å². The Kier molecular flexibility index (Phi) is 6.48. The van der Waals surface area contributed by atoms with E-state index in [0.717, 1.165) is 44.9 Å². The van der Waals surface area contributed by atoms with Gasteiger partial charge in [0, 0.05) is 11.1 Å². The molecule has 0 aliphatic heterocycles. The van der Waals surface area contributed by atoms with Gasteiger partial charge in [0.2, 0.25) is 0 Å². The summed E-state index contributed by atoms with van der Waals surface area (Å²) >= 11 is 12.2. The SMILES string of the molecule is O=C(NC(CC1CC1)C1CCC(S(=O)(=O)CC2CC2)CC1)c1ccc(Cl)cc1Cl. The van der Waals surface area contributed by atoms with E-state index in [1.54, 1.807) is 18.2 Å². The smallest absolute Gasteiger partial charge is 0.253 e. The molecule has 0 spiro atoms. The van der Waals surface area contributed by atoms with E-state index < -0.39 is 9.84 Å². The lowest BCUT2D eigenvalue weighted by molar-refractivity contribution is 0.0907. The highest BCUT2D eigenvalue weighted by Crippen LogP contribution is 2.40. The average Bonchev–Trinajstić information content (AvgIpc) is 3.58. The summed E-state index contributed by atoms with van der Waals surface area (Å²) in [6, 6.07) is 5.00. The first-order valence-corrected chi connectivity index (χ1v) is 13.3. The van der Waals surface area contributed by atoms with Gasteiger partial charge in [0.1, 0.15) is 0 Å². The van der Waals surface area contributed by atoms with Gasteiger partial charge in [0.25, 0.3) is 5.91 Å². The second-order valence-corrected chi connectivity index (χ2v) is 12.4. The third-order valence-corrected chi connectivity index (χ3v) is 9.71. The van der Waals surface area contributed by atoms with Crippen LogP contribution < -0.4 is 5.32 Å². The van der Waals surface area contributed by atoms with Gasteiger partial charge in [0.05, 0.1) is 21.6 Å². The Bertz CT molecular complexity index is 857. The molecule has 0 saturated heterocycles. The number of amides is 1. The zero-order valence-corrected chi connectivity index (χ0v) is 18.9. The minimum atomic E-state index is -2.97. The Morgan fingerprint density at radius 3 is 2.24 bits per heavy atom. The summed E-state index contributed by atoms with van der Waals surface area (Å²) in [5.74, 6) is 1.62. The third-order valence-electron chi connectivity index (χ3n) is 6.74. The van der Waals surface area contributed by atoms with Crippen molar-refractivity contribution in [2.24, 2.45) is 17.8 Å². The summed E-state index contributed by atoms with van der Waals surface area (Å²) in [5, 5.41) is 3.89. The Morgan fingerprint density at radius 2 is 1.66 bits per heavy atom. The predicted octanol–water partition coefficient (Wildman–Crippen LogP) is 5.28. The van der Waals surface area contributed by atoms with E-state index in [2.05, 4.69) is 5.32 Å². The topological polar surface area (TPSA) is 63.2 Å². The fraction of sp³-hybridized carbons (Fsp3) is 0.682. The van der Waals surface area contributed by atoms with Crippen molar-refractivity contribution in [2.75, 3.05) is 5.75 Å². The largest absolute Gasteiger partial charge is 0.349 e. The molecule has 1 unspecified atom stereocenters. The summed E-state index contributed by atoms with van der Waals surface area (Å²) in [6.07, 6.45) is 8.71. The Morgan fingerprint density at radius 1 is 1.00 bits per heavy atom. The van der Waals surface area contributed by atoms with Crippen LogP contribution in [0.2, 0.25) is 10.0 Å². The fourth-order valence-corrected chi connectivity index (χ4v) is 7.35. The van der Waals surface area contributed by atoms with Gasteiger partial charge in [-0.05, 0) is 80.9 Å². The molecule has 3 saturated carbocycles. The first-order valence-electron chi connectivity index (χ1n) is 10.8. The molecule has 1 atom stereocenters. The van der Waals surface area contributed by atoms with Crippen molar-refractivity contribution in [1.82, 2.24) is 5.32 Å². The van der Waals surface area contributed by atoms with E-state index in [4.69, 9.17) is 23.2 Å². The maximum absolute atomic E-state index is 12.8. The third kappa shape index (κ3) is 5.68. The number of benzene rings is 1. The predicted molar refractivity (Wildman–Crippen MR) is 117 cm³/mol. The first-order chi connectivity index (χ1) is 13.8. The summed E-state index contributed by atoms with van der Waals surface area (Å²) in [6.45, 7) is 0. The molecule has 0 aromatic heterocycles. The molecule has 3 fully saturated rings. The average molecular weight is 458 g/mol. The number of hydrogen-bond donors (Lipinski definition) is 1. The molecule has 29 heavy (non-hydrogen) atoms. The molecule has 4 nitrogen and oxygen atoms in total. The van der Waals surface area contributed by atoms with Gasteiger partial charge in [0.15, 0.2) is 9.84 Å². The van der Waals surface area contributed by atoms with Crippen molar-refractivity contribution in [3.63, 3.8) is 0 Å². The summed E-state index contributed by atoms with van der Waals surface area (Å²) in [7, 11) is -2.97. The monoisotopic (exact) mass is 457 g/mol. The number of sulfone groups is 1. The summed E-state index contributed by atoms with van der Waals surface area (Å²) in [4.78, 5) is 12.8. The minimum Gasteiger partial charge on any atom is -0.349 e. The summed E-state index contributed by atoms with van der Waals surface area (Å²) < 4.78 is 25.3. The van der Waals surface area contributed by atoms with Crippen LogP contribution in [0.25, 0.3) is 0 Å². The number of hydrogen-bond acceptors (Lipinski definition) is 3. The molecule has 1 amide bonds. The zero-order valence-electron chi connectivity index (χ0n) is 16.6. The quantitative estimate of drug-likeness (QED) is 0.577. The second kappa shape index (κ2) is 8.76. The van der Waals surface area contributed by atoms with E-state index in [0.29, 0.717) is 39.1 Å². The molecule has 0 heterocycles. The Labute approximate surface area is 183 Å². The van der Waals surface area contributed by atoms with Crippen LogP contribution >= 0.6 is 23.2 Å². The molecule has 4 rings (SSSR count). The maximum atomic E-state index is 12.8. The van der Waals surface area contributed by atoms with Gasteiger partial charge in [-0.2, -0.15) is 0 Å². The van der Waals surface area contributed by atoms with Crippen LogP contribution in [0.4, 0.5) is 0 Å². The van der Waals surface area contributed by atoms with Crippen molar-refractivity contribution >= 4 is 38.9 Å². The van der Waals surface area contributed by atoms with Crippen molar-refractivity contribution in [3.8, 4) is 0 Å². The van der Waals surface area contributed by atoms with Crippen LogP contribution in [0.5, 0.6) is 0 Å². The molecule has 3 aliphatic carbocycles. The lowest BCUT2D eigenvalue weighted by atomic mass is 9.81. The number of nitrogens with one attached hydrogen (secondary N) is 1. The molecule has 1 aromatic carbocycles. The van der Waals surface area contributed by atoms with Crippen LogP contribution in [0.15, 0.2) is 18.2 Å². The van der Waals surface area contributed by atoms with Gasteiger partial charge in [-0.15, -0.1) is 0 Å². The van der Waals surface area contributed by atoms with E-state index in [1.165, 1.54) is 12.8 Å². The van der Waals surface area contributed by atoms with Crippen molar-refractivity contribution in [1.29, 1.82) is 0 Å². The van der Waals surface area contributed by atoms with Crippen LogP contribution in [0.3, 0.4) is 0 Å². The first kappa shape index (κ1) is 21.5. The number of halogens is 2. The number of carbonyl (C=O) groups is 1. The Balaban J connectivity index is 1.39. The van der Waals surface area contributed by atoms with Crippen LogP contribution in [0.1, 0.15) is 68.1 Å². The molecule has 0 bridgehead atoms. The lowest BCUT2D eigenvalue weighted by Crippen LogP contribution is -2.43. The molecule has 160 valence electrons. The number of carbonyl (C=O) groups excluding carboxylic acids is 1. The molecule has 0 radical (unpaired) electrons. The van der Waals surface area contributed by atoms with Crippen molar-refractivity contribution in [2.45, 2.75) is 69.1 Å². The highest BCUT2D eigenvalue weighted by Gasteiger charge is 2.38. The van der Waals surface area contributed by atoms with Crippen molar-refractivity contribution < 1.29 is 13.2 Å². The van der Waals surface area contributed by atoms with Gasteiger partial charge in [-0.3, -0.25) is 4.79 Å². The van der Waals surface area contributed by atoms with Gasteiger partial charge in [-0.25, -0.2) is 8.42 Å². The zero-order chi connectivity index (χ0) is 20.6. The van der Waals surface area contributed by atoms with Crippen LogP contribution in [-0.2, 0) is 9.84 Å². The van der Waals surface area contributed by atoms with Gasteiger partial charge in [-0.1, -0.05) is 36.0 Å². The summed E-state index contributed by atoms with van der Waals surface area (Å²) in [5.41, 5.74) is 0.442. The van der Waals surface area contributed by atoms with E-state index in [-0.39, 0.29) is 17.2 Å². The fourth-order valence-electron chi connectivity index (χ4n) is 4.60. The maximum Gasteiger partial charge on any atom is 0.253 e. The van der Waals surface area contributed by atoms with E-state index in [1.807, 2.05) is 0 Å². The normalized spacial score (nSPS) is 26.1. The van der Waals surface area contributed by atoms with E-state index in [9.17, 15) is 13.2 Å². The minimum absolute atomic E-state index is 0.0776. The molecular formula is C22H29Cl2NO3S. The van der Waals surface area contributed by atoms with E-state index >= 15 is 0 Å². The molecule has 1 N–H and O–H groups in total. The number of rotatable bonds is 8. The highest BCUT2D eigenvalue weighted by molar-refractivity contribution is 7.92. The molecule has 7 heteroatoms. The molecule has 1 aromatic rings. The Hall–Kier alpha value is -0.780. The van der Waals surface area contributed by atoms with Gasteiger partial charge < -0.3 is 5.32 Å². The standard InChI is InChI=1S/C22H29Cl2NO3S/c23-17-7-10-19(20(24)12-17)22(26)25-21(11-14-1-2-14)16-5-8-18(9-6-16)29(27,28)13-15-3-4-15/h7,10,12,14-16,18,21H,1-6,8-9,11,13H2,(H,25,26).